The van der Waals surface area contributed by atoms with Crippen molar-refractivity contribution < 1.29 is 0 Å². The molecule has 0 bridgehead atoms. The Balaban J connectivity index is 1.44. The van der Waals surface area contributed by atoms with Gasteiger partial charge in [0.2, 0.25) is 0 Å². The number of fused-ring (bicyclic) bond motifs is 1. The third-order valence-electron chi connectivity index (χ3n) is 5.57. The molecule has 0 aliphatic carbocycles. The summed E-state index contributed by atoms with van der Waals surface area (Å²) in [6.07, 6.45) is 5.58. The highest BCUT2D eigenvalue weighted by Gasteiger charge is 2.23. The van der Waals surface area contributed by atoms with Gasteiger partial charge in [0.1, 0.15) is 0 Å². The Kier molecular flexibility index (Phi) is 4.87. The van der Waals surface area contributed by atoms with Crippen LogP contribution in [-0.2, 0) is 12.0 Å². The largest absolute Gasteiger partial charge is 0.355 e. The van der Waals surface area contributed by atoms with Crippen LogP contribution in [0.3, 0.4) is 0 Å². The van der Waals surface area contributed by atoms with Crippen molar-refractivity contribution in [2.75, 3.05) is 18.0 Å². The zero-order chi connectivity index (χ0) is 19.7. The smallest absolute Gasteiger partial charge is 0.253 e. The first-order chi connectivity index (χ1) is 13.4. The van der Waals surface area contributed by atoms with Crippen LogP contribution >= 0.6 is 0 Å². The number of nitrogens with zero attached hydrogens (tertiary/aromatic N) is 5. The molecule has 1 aliphatic heterocycles. The van der Waals surface area contributed by atoms with Crippen LogP contribution in [0.5, 0.6) is 0 Å². The van der Waals surface area contributed by atoms with Gasteiger partial charge in [0.05, 0.1) is 18.2 Å². The predicted octanol–water partition coefficient (Wildman–Crippen LogP) is 3.40. The van der Waals surface area contributed by atoms with Crippen molar-refractivity contribution in [2.45, 2.75) is 45.6 Å². The lowest BCUT2D eigenvalue weighted by Gasteiger charge is -2.33. The number of hydrogen-bond acceptors (Lipinski definition) is 5. The van der Waals surface area contributed by atoms with Gasteiger partial charge in [-0.15, -0.1) is 5.10 Å². The molecule has 3 heterocycles. The lowest BCUT2D eigenvalue weighted by molar-refractivity contribution is 0.349. The number of piperidine rings is 1. The van der Waals surface area contributed by atoms with Gasteiger partial charge in [-0.2, -0.15) is 5.10 Å². The Morgan fingerprint density at radius 3 is 2.61 bits per heavy atom. The SMILES string of the molecule is CC(C)(C)c1cc(=O)n(CC2CCN(c3nncc4ccccc34)CC2)cn1. The minimum absolute atomic E-state index is 0.0438. The Hall–Kier alpha value is -2.76. The monoisotopic (exact) mass is 377 g/mol. The van der Waals surface area contributed by atoms with E-state index in [9.17, 15) is 4.79 Å². The minimum Gasteiger partial charge on any atom is -0.355 e. The van der Waals surface area contributed by atoms with E-state index in [1.54, 1.807) is 17.0 Å². The summed E-state index contributed by atoms with van der Waals surface area (Å²) in [5.41, 5.74) is 0.781. The summed E-state index contributed by atoms with van der Waals surface area (Å²) < 4.78 is 1.76. The maximum atomic E-state index is 12.5. The highest BCUT2D eigenvalue weighted by atomic mass is 16.1. The van der Waals surface area contributed by atoms with E-state index in [0.717, 1.165) is 54.8 Å². The molecule has 1 aliphatic rings. The molecular weight excluding hydrogens is 350 g/mol. The van der Waals surface area contributed by atoms with Crippen LogP contribution in [-0.4, -0.2) is 32.8 Å². The van der Waals surface area contributed by atoms with Crippen molar-refractivity contribution in [2.24, 2.45) is 5.92 Å². The summed E-state index contributed by atoms with van der Waals surface area (Å²) in [5.74, 6) is 1.43. The Morgan fingerprint density at radius 2 is 1.89 bits per heavy atom. The molecule has 0 atom stereocenters. The molecule has 3 aromatic rings. The van der Waals surface area contributed by atoms with Crippen molar-refractivity contribution in [3.63, 3.8) is 0 Å². The number of rotatable bonds is 3. The van der Waals surface area contributed by atoms with Gasteiger partial charge < -0.3 is 4.90 Å². The molecule has 0 spiro atoms. The molecule has 0 unspecified atom stereocenters. The first kappa shape index (κ1) is 18.6. The van der Waals surface area contributed by atoms with E-state index in [2.05, 4.69) is 53.0 Å². The highest BCUT2D eigenvalue weighted by molar-refractivity contribution is 5.91. The molecule has 0 radical (unpaired) electrons. The lowest BCUT2D eigenvalue weighted by atomic mass is 9.92. The highest BCUT2D eigenvalue weighted by Crippen LogP contribution is 2.28. The van der Waals surface area contributed by atoms with Crippen LogP contribution in [0.1, 0.15) is 39.3 Å². The summed E-state index contributed by atoms with van der Waals surface area (Å²) in [7, 11) is 0. The number of hydrogen-bond donors (Lipinski definition) is 0. The second-order valence-corrected chi connectivity index (χ2v) is 8.70. The second kappa shape index (κ2) is 7.34. The molecule has 146 valence electrons. The van der Waals surface area contributed by atoms with Crippen LogP contribution in [0.2, 0.25) is 0 Å². The van der Waals surface area contributed by atoms with Gasteiger partial charge in [0.25, 0.3) is 5.56 Å². The molecule has 1 aromatic carbocycles. The lowest BCUT2D eigenvalue weighted by Crippen LogP contribution is -2.37. The zero-order valence-corrected chi connectivity index (χ0v) is 16.8. The van der Waals surface area contributed by atoms with E-state index in [-0.39, 0.29) is 11.0 Å². The normalized spacial score (nSPS) is 15.9. The van der Waals surface area contributed by atoms with Crippen molar-refractivity contribution in [3.8, 4) is 0 Å². The average Bonchev–Trinajstić information content (AvgIpc) is 2.69. The summed E-state index contributed by atoms with van der Waals surface area (Å²) in [5, 5.41) is 10.8. The van der Waals surface area contributed by atoms with Gasteiger partial charge >= 0.3 is 0 Å². The van der Waals surface area contributed by atoms with Crippen molar-refractivity contribution in [1.82, 2.24) is 19.7 Å². The van der Waals surface area contributed by atoms with E-state index < -0.39 is 0 Å². The molecule has 6 heteroatoms. The Labute approximate surface area is 165 Å². The van der Waals surface area contributed by atoms with E-state index in [0.29, 0.717) is 5.92 Å². The maximum absolute atomic E-state index is 12.5. The van der Waals surface area contributed by atoms with Crippen LogP contribution in [0.15, 0.2) is 47.7 Å². The first-order valence-electron chi connectivity index (χ1n) is 9.94. The molecule has 0 saturated carbocycles. The molecule has 4 rings (SSSR count). The number of benzene rings is 1. The van der Waals surface area contributed by atoms with Gasteiger partial charge in [-0.3, -0.25) is 9.36 Å². The zero-order valence-electron chi connectivity index (χ0n) is 16.8. The van der Waals surface area contributed by atoms with Crippen molar-refractivity contribution in [1.29, 1.82) is 0 Å². The second-order valence-electron chi connectivity index (χ2n) is 8.70. The van der Waals surface area contributed by atoms with E-state index in [4.69, 9.17) is 0 Å². The summed E-state index contributed by atoms with van der Waals surface area (Å²) in [6.45, 7) is 8.80. The van der Waals surface area contributed by atoms with Crippen LogP contribution in [0.25, 0.3) is 10.8 Å². The van der Waals surface area contributed by atoms with Gasteiger partial charge in [-0.25, -0.2) is 4.98 Å². The number of anilines is 1. The quantitative estimate of drug-likeness (QED) is 0.700. The third-order valence-corrected chi connectivity index (χ3v) is 5.57. The summed E-state index contributed by atoms with van der Waals surface area (Å²) in [4.78, 5) is 19.3. The topological polar surface area (TPSA) is 63.9 Å². The summed E-state index contributed by atoms with van der Waals surface area (Å²) in [6, 6.07) is 9.92. The van der Waals surface area contributed by atoms with Gasteiger partial charge in [-0.1, -0.05) is 45.0 Å². The van der Waals surface area contributed by atoms with Crippen LogP contribution in [0, 0.1) is 5.92 Å². The predicted molar refractivity (Wildman–Crippen MR) is 112 cm³/mol. The van der Waals surface area contributed by atoms with E-state index in [1.807, 2.05) is 18.3 Å². The molecule has 28 heavy (non-hydrogen) atoms. The molecule has 0 amide bonds. The third kappa shape index (κ3) is 3.77. The van der Waals surface area contributed by atoms with Crippen LogP contribution in [0.4, 0.5) is 5.82 Å². The molecular formula is C22H27N5O. The fourth-order valence-corrected chi connectivity index (χ4v) is 3.83. The fraction of sp³-hybridized carbons (Fsp3) is 0.455. The van der Waals surface area contributed by atoms with Gasteiger partial charge in [0, 0.05) is 41.9 Å². The molecule has 6 nitrogen and oxygen atoms in total. The molecule has 1 fully saturated rings. The molecule has 0 N–H and O–H groups in total. The molecule has 2 aromatic heterocycles. The van der Waals surface area contributed by atoms with E-state index in [1.165, 1.54) is 0 Å². The standard InChI is InChI=1S/C22H27N5O/c1-22(2,3)19-12-20(28)27(15-23-19)14-16-8-10-26(11-9-16)21-18-7-5-4-6-17(18)13-24-25-21/h4-7,12-13,15-16H,8-11,14H2,1-3H3. The maximum Gasteiger partial charge on any atom is 0.253 e. The van der Waals surface area contributed by atoms with Crippen molar-refractivity contribution >= 4 is 16.6 Å². The molecule has 1 saturated heterocycles. The average molecular weight is 377 g/mol. The first-order valence-corrected chi connectivity index (χ1v) is 9.94. The van der Waals surface area contributed by atoms with E-state index >= 15 is 0 Å². The van der Waals surface area contributed by atoms with Crippen LogP contribution < -0.4 is 10.5 Å². The summed E-state index contributed by atoms with van der Waals surface area (Å²) >= 11 is 0. The Morgan fingerprint density at radius 1 is 1.14 bits per heavy atom. The Bertz CT molecular complexity index is 1020. The van der Waals surface area contributed by atoms with Crippen molar-refractivity contribution in [3.05, 3.63) is 58.9 Å². The van der Waals surface area contributed by atoms with Gasteiger partial charge in [0.15, 0.2) is 5.82 Å². The van der Waals surface area contributed by atoms with Gasteiger partial charge in [-0.05, 0) is 18.8 Å². The minimum atomic E-state index is -0.108. The fourth-order valence-electron chi connectivity index (χ4n) is 3.83. The number of aromatic nitrogens is 4.